The number of Topliss-reactive ketones (excluding diaryl/α,β-unsaturated/α-hetero) is 1. The van der Waals surface area contributed by atoms with Crippen LogP contribution in [0.25, 0.3) is 11.3 Å². The van der Waals surface area contributed by atoms with Gasteiger partial charge in [-0.1, -0.05) is 5.16 Å². The smallest absolute Gasteiger partial charge is 0.244 e. The van der Waals surface area contributed by atoms with Crippen LogP contribution in [0.2, 0.25) is 0 Å². The zero-order valence-corrected chi connectivity index (χ0v) is 14.6. The number of nitrogens with zero attached hydrogens (tertiary/aromatic N) is 3. The number of ketones is 1. The monoisotopic (exact) mass is 371 g/mol. The van der Waals surface area contributed by atoms with Crippen LogP contribution in [-0.2, 0) is 0 Å². The summed E-state index contributed by atoms with van der Waals surface area (Å²) in [6.45, 7) is 1.57. The van der Waals surface area contributed by atoms with E-state index >= 15 is 0 Å². The van der Waals surface area contributed by atoms with Crippen LogP contribution in [0, 0.1) is 11.7 Å². The lowest BCUT2D eigenvalue weighted by Gasteiger charge is -2.32. The van der Waals surface area contributed by atoms with Gasteiger partial charge in [0, 0.05) is 24.0 Å². The summed E-state index contributed by atoms with van der Waals surface area (Å²) in [5.74, 6) is 0.796. The van der Waals surface area contributed by atoms with Crippen molar-refractivity contribution in [3.63, 3.8) is 0 Å². The van der Waals surface area contributed by atoms with E-state index in [0.29, 0.717) is 23.6 Å². The van der Waals surface area contributed by atoms with Gasteiger partial charge >= 0.3 is 0 Å². The number of hydrogen-bond acceptors (Lipinski definition) is 7. The van der Waals surface area contributed by atoms with Gasteiger partial charge in [0.25, 0.3) is 0 Å². The van der Waals surface area contributed by atoms with Gasteiger partial charge in [0.2, 0.25) is 23.3 Å². The van der Waals surface area contributed by atoms with E-state index in [9.17, 15) is 14.3 Å². The molecule has 0 radical (unpaired) electrons. The summed E-state index contributed by atoms with van der Waals surface area (Å²) in [7, 11) is 0. The lowest BCUT2D eigenvalue weighted by molar-refractivity contribution is 0.0878. The van der Waals surface area contributed by atoms with Crippen molar-refractivity contribution in [3.8, 4) is 11.3 Å². The number of aliphatic hydroxyl groups excluding tert-OH is 1. The van der Waals surface area contributed by atoms with E-state index in [4.69, 9.17) is 8.94 Å². The first-order chi connectivity index (χ1) is 13.0. The molecular formula is C19H18FN3O4. The van der Waals surface area contributed by atoms with E-state index in [2.05, 4.69) is 15.4 Å². The van der Waals surface area contributed by atoms with E-state index in [1.807, 2.05) is 0 Å². The lowest BCUT2D eigenvalue weighted by atomic mass is 9.72. The summed E-state index contributed by atoms with van der Waals surface area (Å²) < 4.78 is 23.6. The van der Waals surface area contributed by atoms with Crippen LogP contribution < -0.4 is 0 Å². The molecule has 2 aromatic heterocycles. The molecule has 27 heavy (non-hydrogen) atoms. The summed E-state index contributed by atoms with van der Waals surface area (Å²) in [4.78, 5) is 12.4. The molecule has 1 unspecified atom stereocenters. The Hall–Kier alpha value is -2.87. The summed E-state index contributed by atoms with van der Waals surface area (Å²) >= 11 is 0. The third kappa shape index (κ3) is 3.66. The molecule has 1 aliphatic rings. The highest BCUT2D eigenvalue weighted by Gasteiger charge is 2.36. The van der Waals surface area contributed by atoms with Crippen molar-refractivity contribution in [2.45, 2.75) is 38.2 Å². The summed E-state index contributed by atoms with van der Waals surface area (Å²) in [6, 6.07) is 7.42. The van der Waals surface area contributed by atoms with E-state index in [0.717, 1.165) is 12.8 Å². The van der Waals surface area contributed by atoms with Crippen molar-refractivity contribution in [1.82, 2.24) is 15.4 Å². The first-order valence-corrected chi connectivity index (χ1v) is 8.77. The normalized spacial score (nSPS) is 20.3. The van der Waals surface area contributed by atoms with Crippen molar-refractivity contribution in [3.05, 3.63) is 53.7 Å². The van der Waals surface area contributed by atoms with Gasteiger partial charge in [-0.3, -0.25) is 4.79 Å². The molecule has 1 N–H and O–H groups in total. The van der Waals surface area contributed by atoms with Gasteiger partial charge in [-0.2, -0.15) is 0 Å². The number of halogens is 1. The van der Waals surface area contributed by atoms with Crippen LogP contribution in [0.4, 0.5) is 4.39 Å². The third-order valence-electron chi connectivity index (χ3n) is 4.80. The number of carbonyl (C=O) groups is 1. The first-order valence-electron chi connectivity index (χ1n) is 8.77. The molecule has 8 heteroatoms. The molecule has 0 bridgehead atoms. The van der Waals surface area contributed by atoms with Crippen LogP contribution >= 0.6 is 0 Å². The first kappa shape index (κ1) is 17.5. The predicted molar refractivity (Wildman–Crippen MR) is 91.2 cm³/mol. The molecule has 140 valence electrons. The van der Waals surface area contributed by atoms with Gasteiger partial charge in [0.15, 0.2) is 0 Å². The summed E-state index contributed by atoms with van der Waals surface area (Å²) in [5, 5.41) is 21.1. The third-order valence-corrected chi connectivity index (χ3v) is 4.80. The van der Waals surface area contributed by atoms with Crippen LogP contribution in [-0.4, -0.2) is 26.2 Å². The Bertz CT molecular complexity index is 942. The van der Waals surface area contributed by atoms with E-state index in [1.54, 1.807) is 25.1 Å². The molecule has 1 saturated carbocycles. The molecule has 0 spiro atoms. The minimum Gasteiger partial charge on any atom is -0.422 e. The largest absolute Gasteiger partial charge is 0.422 e. The van der Waals surface area contributed by atoms with Gasteiger partial charge in [0.1, 0.15) is 17.6 Å². The van der Waals surface area contributed by atoms with Gasteiger partial charge < -0.3 is 14.0 Å². The van der Waals surface area contributed by atoms with Gasteiger partial charge in [-0.15, -0.1) is 10.2 Å². The summed E-state index contributed by atoms with van der Waals surface area (Å²) in [6.07, 6.45) is 1.11. The Labute approximate surface area is 154 Å². The molecule has 0 aliphatic heterocycles. The second kappa shape index (κ2) is 7.03. The number of benzene rings is 1. The summed E-state index contributed by atoms with van der Waals surface area (Å²) in [5.41, 5.74) is 1.19. The highest BCUT2D eigenvalue weighted by atomic mass is 19.1. The van der Waals surface area contributed by atoms with Crippen molar-refractivity contribution in [2.24, 2.45) is 5.92 Å². The molecule has 1 fully saturated rings. The van der Waals surface area contributed by atoms with Crippen LogP contribution in [0.5, 0.6) is 0 Å². The zero-order valence-electron chi connectivity index (χ0n) is 14.6. The van der Waals surface area contributed by atoms with Crippen LogP contribution in [0.3, 0.4) is 0 Å². The minimum atomic E-state index is -0.787. The average Bonchev–Trinajstić information content (AvgIpc) is 3.28. The fourth-order valence-corrected chi connectivity index (χ4v) is 3.21. The molecule has 2 heterocycles. The Morgan fingerprint density at radius 1 is 1.30 bits per heavy atom. The SMILES string of the molecule is CC(O)c1nnc(C2CC(CC(=O)c3cc(-c4ccc(F)cc4)no3)C2)o1. The maximum Gasteiger partial charge on any atom is 0.244 e. The molecule has 0 saturated heterocycles. The van der Waals surface area contributed by atoms with Crippen molar-refractivity contribution in [2.75, 3.05) is 0 Å². The maximum atomic E-state index is 13.0. The molecule has 1 aliphatic carbocycles. The Kier molecular flexibility index (Phi) is 4.57. The second-order valence-electron chi connectivity index (χ2n) is 6.90. The van der Waals surface area contributed by atoms with Crippen LogP contribution in [0.15, 0.2) is 39.3 Å². The molecular weight excluding hydrogens is 353 g/mol. The standard InChI is InChI=1S/C19H18FN3O4/c1-10(24)18-21-22-19(26-18)13-6-11(7-13)8-16(25)17-9-15(23-27-17)12-2-4-14(20)5-3-12/h2-5,9-11,13,24H,6-8H2,1H3. The highest BCUT2D eigenvalue weighted by molar-refractivity contribution is 5.94. The fraction of sp³-hybridized carbons (Fsp3) is 0.368. The van der Waals surface area contributed by atoms with E-state index in [1.165, 1.54) is 12.1 Å². The lowest BCUT2D eigenvalue weighted by Crippen LogP contribution is -2.24. The van der Waals surface area contributed by atoms with Gasteiger partial charge in [0.05, 0.1) is 0 Å². The number of aliphatic hydroxyl groups is 1. The Morgan fingerprint density at radius 2 is 2.04 bits per heavy atom. The average molecular weight is 371 g/mol. The minimum absolute atomic E-state index is 0.116. The van der Waals surface area contributed by atoms with Crippen molar-refractivity contribution >= 4 is 5.78 Å². The fourth-order valence-electron chi connectivity index (χ4n) is 3.21. The Morgan fingerprint density at radius 3 is 2.70 bits per heavy atom. The van der Waals surface area contributed by atoms with Gasteiger partial charge in [-0.05, 0) is 49.9 Å². The molecule has 1 aromatic carbocycles. The second-order valence-corrected chi connectivity index (χ2v) is 6.90. The number of carbonyl (C=O) groups excluding carboxylic acids is 1. The maximum absolute atomic E-state index is 13.0. The molecule has 7 nitrogen and oxygen atoms in total. The number of hydrogen-bond donors (Lipinski definition) is 1. The highest BCUT2D eigenvalue weighted by Crippen LogP contribution is 2.43. The van der Waals surface area contributed by atoms with E-state index in [-0.39, 0.29) is 35.1 Å². The number of rotatable bonds is 6. The molecule has 1 atom stereocenters. The van der Waals surface area contributed by atoms with E-state index < -0.39 is 6.10 Å². The quantitative estimate of drug-likeness (QED) is 0.659. The zero-order chi connectivity index (χ0) is 19.0. The van der Waals surface area contributed by atoms with Gasteiger partial charge in [-0.25, -0.2) is 4.39 Å². The Balaban J connectivity index is 1.33. The molecule has 3 aromatic rings. The predicted octanol–water partition coefficient (Wildman–Crippen LogP) is 3.68. The van der Waals surface area contributed by atoms with Crippen molar-refractivity contribution in [1.29, 1.82) is 0 Å². The molecule has 0 amide bonds. The molecule has 4 rings (SSSR count). The van der Waals surface area contributed by atoms with Crippen molar-refractivity contribution < 1.29 is 23.2 Å². The van der Waals surface area contributed by atoms with Crippen LogP contribution in [0.1, 0.15) is 60.5 Å². The topological polar surface area (TPSA) is 102 Å². The number of aromatic nitrogens is 3.